The summed E-state index contributed by atoms with van der Waals surface area (Å²) in [6.45, 7) is 6.72. The van der Waals surface area contributed by atoms with E-state index in [4.69, 9.17) is 4.74 Å². The molecule has 0 radical (unpaired) electrons. The number of benzene rings is 1. The molecule has 0 spiro atoms. The van der Waals surface area contributed by atoms with Gasteiger partial charge in [-0.1, -0.05) is 6.92 Å². The summed E-state index contributed by atoms with van der Waals surface area (Å²) < 4.78 is 7.02. The Morgan fingerprint density at radius 3 is 2.70 bits per heavy atom. The largest absolute Gasteiger partial charge is 0.497 e. The minimum atomic E-state index is 0. The molecule has 2 aromatic rings. The molecule has 3 rings (SSSR count). The van der Waals surface area contributed by atoms with E-state index in [1.165, 1.54) is 0 Å². The van der Waals surface area contributed by atoms with Crippen LogP contribution in [0, 0.1) is 0 Å². The van der Waals surface area contributed by atoms with Crippen LogP contribution < -0.4 is 15.4 Å². The maximum Gasteiger partial charge on any atom is 0.222 e. The van der Waals surface area contributed by atoms with Gasteiger partial charge in [0.2, 0.25) is 5.91 Å². The first-order valence-electron chi connectivity index (χ1n) is 10.1. The number of aromatic nitrogens is 2. The number of halogens is 1. The van der Waals surface area contributed by atoms with Crippen molar-refractivity contribution in [2.24, 2.45) is 4.99 Å². The number of nitrogens with one attached hydrogen (secondary N) is 2. The van der Waals surface area contributed by atoms with Gasteiger partial charge in [0.1, 0.15) is 5.75 Å². The highest BCUT2D eigenvalue weighted by Crippen LogP contribution is 2.15. The Morgan fingerprint density at radius 1 is 1.27 bits per heavy atom. The highest BCUT2D eigenvalue weighted by molar-refractivity contribution is 14.0. The van der Waals surface area contributed by atoms with Gasteiger partial charge in [-0.25, -0.2) is 9.67 Å². The molecule has 1 fully saturated rings. The monoisotopic (exact) mass is 526 g/mol. The van der Waals surface area contributed by atoms with Gasteiger partial charge in [0.15, 0.2) is 5.96 Å². The number of nitrogens with zero attached hydrogens (tertiary/aromatic N) is 4. The van der Waals surface area contributed by atoms with Crippen molar-refractivity contribution in [3.63, 3.8) is 0 Å². The molecule has 1 amide bonds. The lowest BCUT2D eigenvalue weighted by atomic mass is 10.3. The fourth-order valence-electron chi connectivity index (χ4n) is 3.33. The number of guanidine groups is 1. The smallest absolute Gasteiger partial charge is 0.222 e. The van der Waals surface area contributed by atoms with Crippen LogP contribution >= 0.6 is 24.0 Å². The number of likely N-dealkylation sites (tertiary alicyclic amines) is 1. The second kappa shape index (κ2) is 11.8. The molecule has 1 atom stereocenters. The fourth-order valence-corrected chi connectivity index (χ4v) is 3.33. The van der Waals surface area contributed by atoms with Crippen LogP contribution in [0.15, 0.2) is 41.5 Å². The fraction of sp³-hybridized carbons (Fsp3) is 0.476. The third kappa shape index (κ3) is 6.35. The molecule has 1 aromatic carbocycles. The molecule has 1 aliphatic rings. The van der Waals surface area contributed by atoms with Crippen LogP contribution in [0.3, 0.4) is 0 Å². The number of aliphatic imine (C=N–C) groups is 1. The molecule has 1 aromatic heterocycles. The van der Waals surface area contributed by atoms with Gasteiger partial charge in [-0.3, -0.25) is 4.79 Å². The van der Waals surface area contributed by atoms with E-state index in [-0.39, 0.29) is 35.9 Å². The molecule has 0 saturated carbocycles. The number of carbonyl (C=O) groups is 1. The third-order valence-electron chi connectivity index (χ3n) is 4.91. The average Bonchev–Trinajstić information content (AvgIpc) is 3.41. The lowest BCUT2D eigenvalue weighted by Gasteiger charge is -2.18. The molecule has 8 nitrogen and oxygen atoms in total. The van der Waals surface area contributed by atoms with Crippen molar-refractivity contribution in [3.8, 4) is 11.4 Å². The zero-order chi connectivity index (χ0) is 20.6. The zero-order valence-corrected chi connectivity index (χ0v) is 20.1. The summed E-state index contributed by atoms with van der Waals surface area (Å²) in [4.78, 5) is 18.5. The van der Waals surface area contributed by atoms with E-state index in [0.717, 1.165) is 49.1 Å². The molecule has 1 aliphatic heterocycles. The maximum absolute atomic E-state index is 11.9. The van der Waals surface area contributed by atoms with E-state index in [1.807, 2.05) is 60.0 Å². The van der Waals surface area contributed by atoms with E-state index >= 15 is 0 Å². The summed E-state index contributed by atoms with van der Waals surface area (Å²) in [5.41, 5.74) is 1.85. The van der Waals surface area contributed by atoms with Gasteiger partial charge in [0.25, 0.3) is 0 Å². The van der Waals surface area contributed by atoms with Gasteiger partial charge in [0.05, 0.1) is 25.0 Å². The molecular formula is C21H31IN6O2. The molecular weight excluding hydrogens is 495 g/mol. The quantitative estimate of drug-likeness (QED) is 0.329. The Hall–Kier alpha value is -2.30. The predicted octanol–water partition coefficient (Wildman–Crippen LogP) is 2.56. The number of hydrogen-bond donors (Lipinski definition) is 2. The summed E-state index contributed by atoms with van der Waals surface area (Å²) in [7, 11) is 1.65. The van der Waals surface area contributed by atoms with Gasteiger partial charge < -0.3 is 20.3 Å². The SMILES string of the molecule is CCNC(=NCc1ccn(-c2ccc(OC)cc2)n1)NC1CCN(C(=O)CC)C1.I. The van der Waals surface area contributed by atoms with Crippen molar-refractivity contribution in [2.45, 2.75) is 39.3 Å². The molecule has 30 heavy (non-hydrogen) atoms. The van der Waals surface area contributed by atoms with Crippen LogP contribution in [-0.4, -0.2) is 59.3 Å². The van der Waals surface area contributed by atoms with Crippen molar-refractivity contribution in [2.75, 3.05) is 26.7 Å². The molecule has 1 unspecified atom stereocenters. The van der Waals surface area contributed by atoms with Gasteiger partial charge in [-0.05, 0) is 43.7 Å². The molecule has 0 aliphatic carbocycles. The number of carbonyl (C=O) groups excluding carboxylic acids is 1. The Balaban J connectivity index is 0.00000320. The van der Waals surface area contributed by atoms with Crippen LogP contribution in [0.25, 0.3) is 5.69 Å². The van der Waals surface area contributed by atoms with Gasteiger partial charge in [0, 0.05) is 38.3 Å². The number of ether oxygens (including phenoxy) is 1. The Labute approximate surface area is 195 Å². The second-order valence-corrected chi connectivity index (χ2v) is 6.97. The molecule has 164 valence electrons. The van der Waals surface area contributed by atoms with Crippen LogP contribution in [-0.2, 0) is 11.3 Å². The number of methoxy groups -OCH3 is 1. The highest BCUT2D eigenvalue weighted by Gasteiger charge is 2.25. The summed E-state index contributed by atoms with van der Waals surface area (Å²) in [5, 5.41) is 11.3. The Kier molecular flexibility index (Phi) is 9.41. The van der Waals surface area contributed by atoms with Crippen molar-refractivity contribution in [3.05, 3.63) is 42.2 Å². The molecule has 0 bridgehead atoms. The van der Waals surface area contributed by atoms with Crippen LogP contribution in [0.4, 0.5) is 0 Å². The molecule has 1 saturated heterocycles. The maximum atomic E-state index is 11.9. The normalized spacial score (nSPS) is 16.2. The summed E-state index contributed by atoms with van der Waals surface area (Å²) >= 11 is 0. The Morgan fingerprint density at radius 2 is 2.03 bits per heavy atom. The summed E-state index contributed by atoms with van der Waals surface area (Å²) in [6.07, 6.45) is 3.41. The minimum absolute atomic E-state index is 0. The number of amides is 1. The van der Waals surface area contributed by atoms with Gasteiger partial charge in [-0.2, -0.15) is 5.10 Å². The molecule has 2 N–H and O–H groups in total. The number of rotatable bonds is 7. The van der Waals surface area contributed by atoms with Crippen molar-refractivity contribution in [1.82, 2.24) is 25.3 Å². The predicted molar refractivity (Wildman–Crippen MR) is 129 cm³/mol. The highest BCUT2D eigenvalue weighted by atomic mass is 127. The molecule has 9 heteroatoms. The Bertz CT molecular complexity index is 836. The number of hydrogen-bond acceptors (Lipinski definition) is 4. The van der Waals surface area contributed by atoms with Crippen LogP contribution in [0.2, 0.25) is 0 Å². The van der Waals surface area contributed by atoms with E-state index in [0.29, 0.717) is 13.0 Å². The second-order valence-electron chi connectivity index (χ2n) is 6.97. The van der Waals surface area contributed by atoms with E-state index in [9.17, 15) is 4.79 Å². The van der Waals surface area contributed by atoms with E-state index < -0.39 is 0 Å². The average molecular weight is 526 g/mol. The summed E-state index contributed by atoms with van der Waals surface area (Å²) in [5.74, 6) is 1.78. The summed E-state index contributed by atoms with van der Waals surface area (Å²) in [6, 6.07) is 9.95. The topological polar surface area (TPSA) is 83.8 Å². The zero-order valence-electron chi connectivity index (χ0n) is 17.8. The van der Waals surface area contributed by atoms with Crippen LogP contribution in [0.5, 0.6) is 5.75 Å². The third-order valence-corrected chi connectivity index (χ3v) is 4.91. The lowest BCUT2D eigenvalue weighted by molar-refractivity contribution is -0.129. The standard InChI is InChI=1S/C21H30N6O2.HI/c1-4-20(28)26-12-10-17(15-26)24-21(22-5-2)23-14-16-11-13-27(25-16)18-6-8-19(29-3)9-7-18;/h6-9,11,13,17H,4-5,10,12,14-15H2,1-3H3,(H2,22,23,24);1H. The first-order valence-corrected chi connectivity index (χ1v) is 10.1. The lowest BCUT2D eigenvalue weighted by Crippen LogP contribution is -2.45. The van der Waals surface area contributed by atoms with Gasteiger partial charge in [-0.15, -0.1) is 24.0 Å². The van der Waals surface area contributed by atoms with E-state index in [1.54, 1.807) is 7.11 Å². The van der Waals surface area contributed by atoms with Crippen molar-refractivity contribution < 1.29 is 9.53 Å². The first-order chi connectivity index (χ1) is 14.1. The first kappa shape index (κ1) is 24.0. The van der Waals surface area contributed by atoms with E-state index in [2.05, 4.69) is 20.7 Å². The molecule has 2 heterocycles. The van der Waals surface area contributed by atoms with Gasteiger partial charge >= 0.3 is 0 Å². The van der Waals surface area contributed by atoms with Crippen molar-refractivity contribution >= 4 is 35.8 Å². The van der Waals surface area contributed by atoms with Crippen LogP contribution in [0.1, 0.15) is 32.4 Å². The minimum Gasteiger partial charge on any atom is -0.497 e. The van der Waals surface area contributed by atoms with Crippen molar-refractivity contribution in [1.29, 1.82) is 0 Å².